The third-order valence-corrected chi connectivity index (χ3v) is 2.21. The highest BCUT2D eigenvalue weighted by Crippen LogP contribution is 2.27. The summed E-state index contributed by atoms with van der Waals surface area (Å²) < 4.78 is 28.7. The SMILES string of the molecule is N#Cc1ccc(-c2cncnc2)cc1OC(F)F. The van der Waals surface area contributed by atoms with Gasteiger partial charge in [0.2, 0.25) is 0 Å². The molecule has 0 aliphatic rings. The Balaban J connectivity index is 2.43. The molecule has 0 aliphatic heterocycles. The molecule has 0 N–H and O–H groups in total. The molecule has 0 unspecified atom stereocenters. The number of alkyl halides is 2. The van der Waals surface area contributed by atoms with E-state index in [0.717, 1.165) is 0 Å². The minimum absolute atomic E-state index is 0.0518. The number of nitrogens with zero attached hydrogens (tertiary/aromatic N) is 3. The highest BCUT2D eigenvalue weighted by atomic mass is 19.3. The molecule has 0 aliphatic carbocycles. The lowest BCUT2D eigenvalue weighted by atomic mass is 10.1. The van der Waals surface area contributed by atoms with E-state index in [9.17, 15) is 8.78 Å². The zero-order chi connectivity index (χ0) is 13.0. The molecule has 18 heavy (non-hydrogen) atoms. The normalized spacial score (nSPS) is 10.1. The Kier molecular flexibility index (Phi) is 3.44. The number of nitriles is 1. The van der Waals surface area contributed by atoms with E-state index in [1.165, 1.54) is 18.5 Å². The molecule has 0 saturated carbocycles. The van der Waals surface area contributed by atoms with Crippen molar-refractivity contribution in [1.29, 1.82) is 5.26 Å². The van der Waals surface area contributed by atoms with E-state index in [0.29, 0.717) is 11.1 Å². The standard InChI is InChI=1S/C12H7F2N3O/c13-12(14)18-11-3-8(1-2-9(11)4-15)10-5-16-7-17-6-10/h1-3,5-7,12H. The molecule has 2 rings (SSSR count). The summed E-state index contributed by atoms with van der Waals surface area (Å²) in [6.45, 7) is -2.97. The zero-order valence-electron chi connectivity index (χ0n) is 9.05. The molecule has 4 nitrogen and oxygen atoms in total. The summed E-state index contributed by atoms with van der Waals surface area (Å²) in [5.74, 6) is -0.158. The molecule has 0 atom stereocenters. The van der Waals surface area contributed by atoms with Crippen LogP contribution in [0.25, 0.3) is 11.1 Å². The summed E-state index contributed by atoms with van der Waals surface area (Å²) in [4.78, 5) is 7.66. The minimum atomic E-state index is -2.97. The Morgan fingerprint density at radius 3 is 2.50 bits per heavy atom. The molecule has 0 bridgehead atoms. The fraction of sp³-hybridized carbons (Fsp3) is 0.0833. The summed E-state index contributed by atoms with van der Waals surface area (Å²) in [5.41, 5.74) is 1.31. The van der Waals surface area contributed by atoms with Crippen molar-refractivity contribution < 1.29 is 13.5 Å². The van der Waals surface area contributed by atoms with Gasteiger partial charge in [-0.25, -0.2) is 9.97 Å². The maximum absolute atomic E-state index is 12.2. The number of benzene rings is 1. The molecule has 1 aromatic heterocycles. The van der Waals surface area contributed by atoms with Crippen molar-refractivity contribution in [2.24, 2.45) is 0 Å². The molecule has 90 valence electrons. The highest BCUT2D eigenvalue weighted by molar-refractivity contribution is 5.65. The van der Waals surface area contributed by atoms with E-state index < -0.39 is 6.61 Å². The van der Waals surface area contributed by atoms with Crippen molar-refractivity contribution in [3.05, 3.63) is 42.5 Å². The van der Waals surface area contributed by atoms with Crippen molar-refractivity contribution in [2.45, 2.75) is 6.61 Å². The number of hydrogen-bond donors (Lipinski definition) is 0. The van der Waals surface area contributed by atoms with Gasteiger partial charge in [0.15, 0.2) is 0 Å². The largest absolute Gasteiger partial charge is 0.433 e. The monoisotopic (exact) mass is 247 g/mol. The van der Waals surface area contributed by atoms with Crippen LogP contribution >= 0.6 is 0 Å². The molecule has 6 heteroatoms. The van der Waals surface area contributed by atoms with Crippen molar-refractivity contribution in [1.82, 2.24) is 9.97 Å². The van der Waals surface area contributed by atoms with E-state index in [-0.39, 0.29) is 11.3 Å². The minimum Gasteiger partial charge on any atom is -0.433 e. The van der Waals surface area contributed by atoms with Crippen LogP contribution in [0.2, 0.25) is 0 Å². The van der Waals surface area contributed by atoms with E-state index in [1.54, 1.807) is 24.5 Å². The second-order valence-electron chi connectivity index (χ2n) is 3.33. The van der Waals surface area contributed by atoms with E-state index >= 15 is 0 Å². The van der Waals surface area contributed by atoms with E-state index in [4.69, 9.17) is 5.26 Å². The first kappa shape index (κ1) is 11.9. The lowest BCUT2D eigenvalue weighted by molar-refractivity contribution is -0.0500. The Morgan fingerprint density at radius 2 is 1.89 bits per heavy atom. The van der Waals surface area contributed by atoms with Crippen LogP contribution < -0.4 is 4.74 Å². The lowest BCUT2D eigenvalue weighted by Gasteiger charge is -2.08. The van der Waals surface area contributed by atoms with Gasteiger partial charge in [-0.3, -0.25) is 0 Å². The van der Waals surface area contributed by atoms with Crippen LogP contribution in [0.15, 0.2) is 36.9 Å². The number of hydrogen-bond acceptors (Lipinski definition) is 4. The summed E-state index contributed by atoms with van der Waals surface area (Å²) in [6.07, 6.45) is 4.45. The van der Waals surface area contributed by atoms with Crippen LogP contribution in [-0.2, 0) is 0 Å². The number of rotatable bonds is 3. The number of ether oxygens (including phenoxy) is 1. The molecule has 0 saturated heterocycles. The van der Waals surface area contributed by atoms with E-state index in [2.05, 4.69) is 14.7 Å². The molecular formula is C12H7F2N3O. The van der Waals surface area contributed by atoms with Gasteiger partial charge in [0.1, 0.15) is 18.1 Å². The van der Waals surface area contributed by atoms with Gasteiger partial charge in [0.05, 0.1) is 5.56 Å². The smallest absolute Gasteiger partial charge is 0.387 e. The predicted octanol–water partition coefficient (Wildman–Crippen LogP) is 2.62. The van der Waals surface area contributed by atoms with Crippen LogP contribution in [0, 0.1) is 11.3 Å². The van der Waals surface area contributed by atoms with Crippen LogP contribution in [0.1, 0.15) is 5.56 Å². The number of aromatic nitrogens is 2. The molecule has 2 aromatic rings. The summed E-state index contributed by atoms with van der Waals surface area (Å²) in [5, 5.41) is 8.79. The van der Waals surface area contributed by atoms with Gasteiger partial charge < -0.3 is 4.74 Å². The molecular weight excluding hydrogens is 240 g/mol. The highest BCUT2D eigenvalue weighted by Gasteiger charge is 2.11. The quantitative estimate of drug-likeness (QED) is 0.836. The average Bonchev–Trinajstić information content (AvgIpc) is 2.39. The first-order valence-electron chi connectivity index (χ1n) is 4.95. The molecule has 1 heterocycles. The molecule has 0 spiro atoms. The van der Waals surface area contributed by atoms with Gasteiger partial charge in [-0.05, 0) is 17.7 Å². The summed E-state index contributed by atoms with van der Waals surface area (Å²) in [7, 11) is 0. The van der Waals surface area contributed by atoms with Gasteiger partial charge >= 0.3 is 6.61 Å². The summed E-state index contributed by atoms with van der Waals surface area (Å²) in [6, 6.07) is 6.19. The Bertz CT molecular complexity index is 582. The van der Waals surface area contributed by atoms with Gasteiger partial charge in [0.25, 0.3) is 0 Å². The van der Waals surface area contributed by atoms with Crippen molar-refractivity contribution in [3.63, 3.8) is 0 Å². The van der Waals surface area contributed by atoms with Gasteiger partial charge in [-0.15, -0.1) is 0 Å². The predicted molar refractivity (Wildman–Crippen MR) is 58.8 cm³/mol. The first-order valence-corrected chi connectivity index (χ1v) is 4.95. The Hall–Kier alpha value is -2.55. The summed E-state index contributed by atoms with van der Waals surface area (Å²) >= 11 is 0. The fourth-order valence-electron chi connectivity index (χ4n) is 1.44. The van der Waals surface area contributed by atoms with Crippen LogP contribution in [0.5, 0.6) is 5.75 Å². The average molecular weight is 247 g/mol. The fourth-order valence-corrected chi connectivity index (χ4v) is 1.44. The van der Waals surface area contributed by atoms with Crippen LogP contribution in [-0.4, -0.2) is 16.6 Å². The maximum Gasteiger partial charge on any atom is 0.387 e. The third-order valence-electron chi connectivity index (χ3n) is 2.21. The molecule has 0 amide bonds. The van der Waals surface area contributed by atoms with Gasteiger partial charge in [-0.2, -0.15) is 14.0 Å². The maximum atomic E-state index is 12.2. The molecule has 0 fully saturated rings. The Labute approximate surface area is 101 Å². The molecule has 1 aromatic carbocycles. The van der Waals surface area contributed by atoms with Gasteiger partial charge in [-0.1, -0.05) is 6.07 Å². The second-order valence-corrected chi connectivity index (χ2v) is 3.33. The van der Waals surface area contributed by atoms with Crippen LogP contribution in [0.4, 0.5) is 8.78 Å². The number of halogens is 2. The first-order chi connectivity index (χ1) is 8.70. The zero-order valence-corrected chi connectivity index (χ0v) is 9.05. The van der Waals surface area contributed by atoms with Gasteiger partial charge in [0, 0.05) is 18.0 Å². The topological polar surface area (TPSA) is 58.8 Å². The Morgan fingerprint density at radius 1 is 1.17 bits per heavy atom. The van der Waals surface area contributed by atoms with Crippen molar-refractivity contribution >= 4 is 0 Å². The van der Waals surface area contributed by atoms with E-state index in [1.807, 2.05) is 0 Å². The molecule has 0 radical (unpaired) electrons. The lowest BCUT2D eigenvalue weighted by Crippen LogP contribution is -2.03. The van der Waals surface area contributed by atoms with Crippen molar-refractivity contribution in [3.8, 4) is 22.9 Å². The van der Waals surface area contributed by atoms with Crippen molar-refractivity contribution in [2.75, 3.05) is 0 Å². The third kappa shape index (κ3) is 2.58. The van der Waals surface area contributed by atoms with Crippen LogP contribution in [0.3, 0.4) is 0 Å². The second kappa shape index (κ2) is 5.19.